The normalized spacial score (nSPS) is 12.6. The highest BCUT2D eigenvalue weighted by Crippen LogP contribution is 2.28. The molecule has 3 N–H and O–H groups in total. The van der Waals surface area contributed by atoms with Gasteiger partial charge in [0.2, 0.25) is 0 Å². The van der Waals surface area contributed by atoms with E-state index in [4.69, 9.17) is 5.73 Å². The van der Waals surface area contributed by atoms with Gasteiger partial charge in [-0.3, -0.25) is 0 Å². The molecule has 0 amide bonds. The number of halogens is 1. The minimum Gasteiger partial charge on any atom is -0.507 e. The molecule has 1 aromatic carbocycles. The summed E-state index contributed by atoms with van der Waals surface area (Å²) in [7, 11) is 0. The second kappa shape index (κ2) is 5.82. The Bertz CT molecular complexity index is 542. The second-order valence-corrected chi connectivity index (χ2v) is 5.99. The Hall–Kier alpha value is -0.910. The van der Waals surface area contributed by atoms with E-state index in [0.717, 1.165) is 22.7 Å². The molecular weight excluding hydrogens is 312 g/mol. The van der Waals surface area contributed by atoms with Gasteiger partial charge in [-0.15, -0.1) is 11.3 Å². The maximum Gasteiger partial charge on any atom is 0.129 e. The highest BCUT2D eigenvalue weighted by molar-refractivity contribution is 9.10. The third-order valence-electron chi connectivity index (χ3n) is 2.76. The topological polar surface area (TPSA) is 59.1 Å². The van der Waals surface area contributed by atoms with Gasteiger partial charge in [-0.2, -0.15) is 0 Å². The zero-order valence-corrected chi connectivity index (χ0v) is 12.5. The molecule has 0 aliphatic heterocycles. The van der Waals surface area contributed by atoms with Gasteiger partial charge in [0.15, 0.2) is 0 Å². The lowest BCUT2D eigenvalue weighted by molar-refractivity contribution is 0.471. The molecule has 1 atom stereocenters. The van der Waals surface area contributed by atoms with E-state index in [1.165, 1.54) is 0 Å². The van der Waals surface area contributed by atoms with Gasteiger partial charge < -0.3 is 10.8 Å². The zero-order valence-electron chi connectivity index (χ0n) is 10.1. The number of aromatic hydroxyl groups is 1. The smallest absolute Gasteiger partial charge is 0.129 e. The number of aryl methyl sites for hydroxylation is 1. The number of aromatic nitrogens is 1. The molecule has 18 heavy (non-hydrogen) atoms. The molecular formula is C13H15BrN2OS. The van der Waals surface area contributed by atoms with E-state index in [2.05, 4.69) is 20.9 Å². The molecule has 2 rings (SSSR count). The van der Waals surface area contributed by atoms with Crippen LogP contribution in [0.4, 0.5) is 0 Å². The number of phenols is 1. The van der Waals surface area contributed by atoms with Gasteiger partial charge in [-0.25, -0.2) is 4.98 Å². The standard InChI is InChI=1S/C13H15BrN2OS/c1-8-7-18-13(16-8)10(6-15)4-9-2-3-12(17)11(14)5-9/h2-3,5,7,10,17H,4,6,15H2,1H3. The van der Waals surface area contributed by atoms with E-state index in [1.807, 2.05) is 24.4 Å². The van der Waals surface area contributed by atoms with Gasteiger partial charge in [-0.05, 0) is 47.0 Å². The Morgan fingerprint density at radius 2 is 2.28 bits per heavy atom. The van der Waals surface area contributed by atoms with Crippen LogP contribution in [0.1, 0.15) is 22.2 Å². The molecule has 0 fully saturated rings. The zero-order chi connectivity index (χ0) is 13.1. The number of hydrogen-bond acceptors (Lipinski definition) is 4. The van der Waals surface area contributed by atoms with Gasteiger partial charge in [0, 0.05) is 23.5 Å². The van der Waals surface area contributed by atoms with Crippen molar-refractivity contribution in [3.8, 4) is 5.75 Å². The molecule has 1 heterocycles. The lowest BCUT2D eigenvalue weighted by Gasteiger charge is -2.12. The Morgan fingerprint density at radius 1 is 1.50 bits per heavy atom. The fourth-order valence-electron chi connectivity index (χ4n) is 1.79. The van der Waals surface area contributed by atoms with Crippen molar-refractivity contribution in [2.75, 3.05) is 6.54 Å². The van der Waals surface area contributed by atoms with Gasteiger partial charge >= 0.3 is 0 Å². The fraction of sp³-hybridized carbons (Fsp3) is 0.308. The van der Waals surface area contributed by atoms with Crippen molar-refractivity contribution in [3.63, 3.8) is 0 Å². The van der Waals surface area contributed by atoms with Crippen LogP contribution in [0.3, 0.4) is 0 Å². The van der Waals surface area contributed by atoms with Gasteiger partial charge in [0.25, 0.3) is 0 Å². The summed E-state index contributed by atoms with van der Waals surface area (Å²) in [5.41, 5.74) is 8.02. The quantitative estimate of drug-likeness (QED) is 0.907. The number of nitrogens with two attached hydrogens (primary N) is 1. The largest absolute Gasteiger partial charge is 0.507 e. The van der Waals surface area contributed by atoms with E-state index in [0.29, 0.717) is 11.0 Å². The fourth-order valence-corrected chi connectivity index (χ4v) is 3.13. The highest BCUT2D eigenvalue weighted by atomic mass is 79.9. The Balaban J connectivity index is 2.17. The van der Waals surface area contributed by atoms with Crippen molar-refractivity contribution in [2.24, 2.45) is 5.73 Å². The number of benzene rings is 1. The van der Waals surface area contributed by atoms with E-state index in [1.54, 1.807) is 17.4 Å². The van der Waals surface area contributed by atoms with Crippen LogP contribution in [0.25, 0.3) is 0 Å². The monoisotopic (exact) mass is 326 g/mol. The molecule has 1 aromatic heterocycles. The maximum absolute atomic E-state index is 9.47. The first-order chi connectivity index (χ1) is 8.60. The molecule has 2 aromatic rings. The Labute approximate surface area is 119 Å². The van der Waals surface area contributed by atoms with Crippen molar-refractivity contribution in [3.05, 3.63) is 44.3 Å². The van der Waals surface area contributed by atoms with Crippen LogP contribution >= 0.6 is 27.3 Å². The average molecular weight is 327 g/mol. The summed E-state index contributed by atoms with van der Waals surface area (Å²) in [4.78, 5) is 4.50. The van der Waals surface area contributed by atoms with Crippen molar-refractivity contribution in [2.45, 2.75) is 19.3 Å². The van der Waals surface area contributed by atoms with Crippen LogP contribution < -0.4 is 5.73 Å². The maximum atomic E-state index is 9.47. The molecule has 0 aliphatic rings. The van der Waals surface area contributed by atoms with Gasteiger partial charge in [-0.1, -0.05) is 6.07 Å². The number of phenolic OH excluding ortho intramolecular Hbond substituents is 1. The predicted octanol–water partition coefficient (Wildman–Crippen LogP) is 3.20. The highest BCUT2D eigenvalue weighted by Gasteiger charge is 2.14. The van der Waals surface area contributed by atoms with Crippen LogP contribution in [0.15, 0.2) is 28.1 Å². The first-order valence-electron chi connectivity index (χ1n) is 5.69. The summed E-state index contributed by atoms with van der Waals surface area (Å²) in [5, 5.41) is 12.6. The summed E-state index contributed by atoms with van der Waals surface area (Å²) in [6.45, 7) is 2.57. The first kappa shape index (κ1) is 13.5. The van der Waals surface area contributed by atoms with Crippen LogP contribution in [0.5, 0.6) is 5.75 Å². The molecule has 5 heteroatoms. The summed E-state index contributed by atoms with van der Waals surface area (Å²) in [6, 6.07) is 5.54. The SMILES string of the molecule is Cc1csc(C(CN)Cc2ccc(O)c(Br)c2)n1. The van der Waals surface area contributed by atoms with Crippen molar-refractivity contribution >= 4 is 27.3 Å². The number of thiazole rings is 1. The first-order valence-corrected chi connectivity index (χ1v) is 7.37. The molecule has 0 saturated heterocycles. The number of hydrogen-bond donors (Lipinski definition) is 2. The molecule has 96 valence electrons. The lowest BCUT2D eigenvalue weighted by atomic mass is 10.00. The van der Waals surface area contributed by atoms with Crippen molar-refractivity contribution in [1.29, 1.82) is 0 Å². The van der Waals surface area contributed by atoms with Crippen LogP contribution in [0.2, 0.25) is 0 Å². The molecule has 3 nitrogen and oxygen atoms in total. The van der Waals surface area contributed by atoms with Crippen molar-refractivity contribution < 1.29 is 5.11 Å². The minimum absolute atomic E-state index is 0.236. The van der Waals surface area contributed by atoms with Crippen LogP contribution in [-0.2, 0) is 6.42 Å². The van der Waals surface area contributed by atoms with Gasteiger partial charge in [0.05, 0.1) is 9.48 Å². The number of rotatable bonds is 4. The lowest BCUT2D eigenvalue weighted by Crippen LogP contribution is -2.15. The Kier molecular flexibility index (Phi) is 4.37. The van der Waals surface area contributed by atoms with Crippen LogP contribution in [-0.4, -0.2) is 16.6 Å². The summed E-state index contributed by atoms with van der Waals surface area (Å²) in [6.07, 6.45) is 0.836. The molecule has 0 saturated carbocycles. The second-order valence-electron chi connectivity index (χ2n) is 4.25. The van der Waals surface area contributed by atoms with E-state index in [-0.39, 0.29) is 11.7 Å². The van der Waals surface area contributed by atoms with E-state index < -0.39 is 0 Å². The third kappa shape index (κ3) is 3.10. The summed E-state index contributed by atoms with van der Waals surface area (Å²) >= 11 is 4.98. The summed E-state index contributed by atoms with van der Waals surface area (Å²) < 4.78 is 0.714. The van der Waals surface area contributed by atoms with E-state index in [9.17, 15) is 5.11 Å². The van der Waals surface area contributed by atoms with Crippen LogP contribution in [0, 0.1) is 6.92 Å². The molecule has 0 spiro atoms. The predicted molar refractivity (Wildman–Crippen MR) is 78.2 cm³/mol. The molecule has 0 bridgehead atoms. The minimum atomic E-state index is 0.236. The van der Waals surface area contributed by atoms with Crippen molar-refractivity contribution in [1.82, 2.24) is 4.98 Å². The molecule has 0 aliphatic carbocycles. The van der Waals surface area contributed by atoms with Gasteiger partial charge in [0.1, 0.15) is 5.75 Å². The molecule has 0 radical (unpaired) electrons. The Morgan fingerprint density at radius 3 is 2.83 bits per heavy atom. The van der Waals surface area contributed by atoms with E-state index >= 15 is 0 Å². The average Bonchev–Trinajstić information content (AvgIpc) is 2.77. The number of nitrogens with zero attached hydrogens (tertiary/aromatic N) is 1. The molecule has 1 unspecified atom stereocenters. The third-order valence-corrected chi connectivity index (χ3v) is 4.52. The summed E-state index contributed by atoms with van der Waals surface area (Å²) in [5.74, 6) is 0.494.